The number of likely N-dealkylation sites (N-methyl/N-ethyl adjacent to an activating group) is 1. The smallest absolute Gasteiger partial charge is 0.0721 e. The van der Waals surface area contributed by atoms with Gasteiger partial charge in [-0.25, -0.2) is 0 Å². The van der Waals surface area contributed by atoms with Crippen molar-refractivity contribution in [2.24, 2.45) is 0 Å². The van der Waals surface area contributed by atoms with E-state index in [2.05, 4.69) is 41.5 Å². The lowest BCUT2D eigenvalue weighted by molar-refractivity contribution is 0.0218. The molecule has 3 nitrogen and oxygen atoms in total. The average Bonchev–Trinajstić information content (AvgIpc) is 2.47. The van der Waals surface area contributed by atoms with Crippen molar-refractivity contribution in [2.45, 2.75) is 31.5 Å². The van der Waals surface area contributed by atoms with Crippen molar-refractivity contribution >= 4 is 0 Å². The fraction of sp³-hybridized carbons (Fsp3) is 0.600. The maximum atomic E-state index is 5.76. The van der Waals surface area contributed by atoms with E-state index in [9.17, 15) is 0 Å². The SMILES string of the molecule is CN(C1CCCNC1)C1COCc2ccccc21. The largest absolute Gasteiger partial charge is 0.375 e. The minimum Gasteiger partial charge on any atom is -0.375 e. The number of nitrogens with one attached hydrogen (secondary N) is 1. The highest BCUT2D eigenvalue weighted by Crippen LogP contribution is 2.30. The van der Waals surface area contributed by atoms with E-state index in [1.807, 2.05) is 0 Å². The van der Waals surface area contributed by atoms with Gasteiger partial charge >= 0.3 is 0 Å². The summed E-state index contributed by atoms with van der Waals surface area (Å²) in [5, 5.41) is 3.50. The van der Waals surface area contributed by atoms with Gasteiger partial charge < -0.3 is 10.1 Å². The van der Waals surface area contributed by atoms with Gasteiger partial charge in [0.15, 0.2) is 0 Å². The topological polar surface area (TPSA) is 24.5 Å². The van der Waals surface area contributed by atoms with Crippen molar-refractivity contribution in [3.8, 4) is 0 Å². The molecule has 1 N–H and O–H groups in total. The van der Waals surface area contributed by atoms with Crippen LogP contribution in [0, 0.1) is 0 Å². The monoisotopic (exact) mass is 246 g/mol. The summed E-state index contributed by atoms with van der Waals surface area (Å²) in [5.41, 5.74) is 2.81. The van der Waals surface area contributed by atoms with Gasteiger partial charge in [-0.2, -0.15) is 0 Å². The standard InChI is InChI=1S/C15H22N2O/c1-17(13-6-4-8-16-9-13)15-11-18-10-12-5-2-3-7-14(12)15/h2-3,5,7,13,15-16H,4,6,8-11H2,1H3. The highest BCUT2D eigenvalue weighted by Gasteiger charge is 2.29. The molecule has 1 fully saturated rings. The molecule has 2 atom stereocenters. The van der Waals surface area contributed by atoms with Crippen LogP contribution in [0.4, 0.5) is 0 Å². The summed E-state index contributed by atoms with van der Waals surface area (Å²) in [4.78, 5) is 2.50. The van der Waals surface area contributed by atoms with Crippen LogP contribution in [0.5, 0.6) is 0 Å². The third kappa shape index (κ3) is 2.30. The van der Waals surface area contributed by atoms with Crippen molar-refractivity contribution in [3.63, 3.8) is 0 Å². The van der Waals surface area contributed by atoms with Crippen LogP contribution in [-0.4, -0.2) is 37.7 Å². The molecule has 3 heteroatoms. The van der Waals surface area contributed by atoms with E-state index in [-0.39, 0.29) is 0 Å². The normalized spacial score (nSPS) is 28.1. The fourth-order valence-corrected chi connectivity index (χ4v) is 3.13. The van der Waals surface area contributed by atoms with Crippen molar-refractivity contribution in [1.29, 1.82) is 0 Å². The Kier molecular flexibility index (Phi) is 3.64. The third-order valence-corrected chi connectivity index (χ3v) is 4.29. The van der Waals surface area contributed by atoms with Crippen LogP contribution in [0.3, 0.4) is 0 Å². The van der Waals surface area contributed by atoms with Crippen LogP contribution < -0.4 is 5.32 Å². The molecule has 0 aliphatic carbocycles. The molecule has 0 amide bonds. The molecule has 1 aromatic rings. The van der Waals surface area contributed by atoms with Gasteiger partial charge in [0.1, 0.15) is 0 Å². The van der Waals surface area contributed by atoms with Gasteiger partial charge in [-0.3, -0.25) is 4.90 Å². The molecule has 2 aliphatic heterocycles. The Morgan fingerprint density at radius 1 is 1.33 bits per heavy atom. The Hall–Kier alpha value is -0.900. The Balaban J connectivity index is 1.80. The predicted octanol–water partition coefficient (Wildman–Crippen LogP) is 1.94. The van der Waals surface area contributed by atoms with E-state index in [1.165, 1.54) is 30.5 Å². The van der Waals surface area contributed by atoms with E-state index in [1.54, 1.807) is 0 Å². The van der Waals surface area contributed by atoms with Crippen LogP contribution in [0.1, 0.15) is 30.0 Å². The van der Waals surface area contributed by atoms with E-state index >= 15 is 0 Å². The Labute approximate surface area is 109 Å². The third-order valence-electron chi connectivity index (χ3n) is 4.29. The molecule has 2 heterocycles. The summed E-state index contributed by atoms with van der Waals surface area (Å²) in [6.07, 6.45) is 2.58. The highest BCUT2D eigenvalue weighted by molar-refractivity contribution is 5.31. The zero-order valence-corrected chi connectivity index (χ0v) is 11.1. The van der Waals surface area contributed by atoms with Gasteiger partial charge in [-0.05, 0) is 37.6 Å². The Morgan fingerprint density at radius 2 is 2.22 bits per heavy atom. The molecule has 0 bridgehead atoms. The molecule has 0 saturated carbocycles. The molecular weight excluding hydrogens is 224 g/mol. The van der Waals surface area contributed by atoms with Crippen molar-refractivity contribution in [2.75, 3.05) is 26.7 Å². The van der Waals surface area contributed by atoms with E-state index in [0.717, 1.165) is 19.8 Å². The summed E-state index contributed by atoms with van der Waals surface area (Å²) >= 11 is 0. The molecule has 1 aromatic carbocycles. The van der Waals surface area contributed by atoms with Gasteiger partial charge in [0.2, 0.25) is 0 Å². The molecule has 18 heavy (non-hydrogen) atoms. The van der Waals surface area contributed by atoms with E-state index in [4.69, 9.17) is 4.74 Å². The fourth-order valence-electron chi connectivity index (χ4n) is 3.13. The van der Waals surface area contributed by atoms with Crippen molar-refractivity contribution in [3.05, 3.63) is 35.4 Å². The van der Waals surface area contributed by atoms with Gasteiger partial charge in [0, 0.05) is 12.6 Å². The number of piperidine rings is 1. The first kappa shape index (κ1) is 12.2. The van der Waals surface area contributed by atoms with Gasteiger partial charge in [-0.1, -0.05) is 24.3 Å². The summed E-state index contributed by atoms with van der Waals surface area (Å²) < 4.78 is 5.76. The van der Waals surface area contributed by atoms with Gasteiger partial charge in [0.05, 0.1) is 19.3 Å². The van der Waals surface area contributed by atoms with Crippen LogP contribution in [0.2, 0.25) is 0 Å². The number of benzene rings is 1. The molecule has 1 saturated heterocycles. The van der Waals surface area contributed by atoms with Crippen LogP contribution in [-0.2, 0) is 11.3 Å². The first-order chi connectivity index (χ1) is 8.86. The lowest BCUT2D eigenvalue weighted by Gasteiger charge is -2.39. The summed E-state index contributed by atoms with van der Waals surface area (Å²) in [6.45, 7) is 3.87. The molecular formula is C15H22N2O. The van der Waals surface area contributed by atoms with Gasteiger partial charge in [0.25, 0.3) is 0 Å². The summed E-state index contributed by atoms with van der Waals surface area (Å²) in [7, 11) is 2.24. The Bertz CT molecular complexity index is 401. The first-order valence-electron chi connectivity index (χ1n) is 6.94. The molecule has 3 rings (SSSR count). The predicted molar refractivity (Wildman–Crippen MR) is 72.5 cm³/mol. The van der Waals surface area contributed by atoms with Crippen LogP contribution >= 0.6 is 0 Å². The maximum absolute atomic E-state index is 5.76. The number of fused-ring (bicyclic) bond motifs is 1. The van der Waals surface area contributed by atoms with Crippen molar-refractivity contribution < 1.29 is 4.74 Å². The van der Waals surface area contributed by atoms with Crippen LogP contribution in [0.25, 0.3) is 0 Å². The van der Waals surface area contributed by atoms with Crippen LogP contribution in [0.15, 0.2) is 24.3 Å². The second-order valence-electron chi connectivity index (χ2n) is 5.40. The van der Waals surface area contributed by atoms with Gasteiger partial charge in [-0.15, -0.1) is 0 Å². The molecule has 2 unspecified atom stereocenters. The number of hydrogen-bond acceptors (Lipinski definition) is 3. The van der Waals surface area contributed by atoms with E-state index < -0.39 is 0 Å². The van der Waals surface area contributed by atoms with E-state index in [0.29, 0.717) is 12.1 Å². The number of nitrogens with zero attached hydrogens (tertiary/aromatic N) is 1. The first-order valence-corrected chi connectivity index (χ1v) is 6.94. The lowest BCUT2D eigenvalue weighted by Crippen LogP contribution is -2.47. The average molecular weight is 246 g/mol. The summed E-state index contributed by atoms with van der Waals surface area (Å²) in [5.74, 6) is 0. The molecule has 0 aromatic heterocycles. The second-order valence-corrected chi connectivity index (χ2v) is 5.40. The quantitative estimate of drug-likeness (QED) is 0.863. The minimum atomic E-state index is 0.417. The molecule has 0 spiro atoms. The number of hydrogen-bond donors (Lipinski definition) is 1. The second kappa shape index (κ2) is 5.39. The minimum absolute atomic E-state index is 0.417. The molecule has 98 valence electrons. The zero-order valence-electron chi connectivity index (χ0n) is 11.1. The zero-order chi connectivity index (χ0) is 12.4. The van der Waals surface area contributed by atoms with Crippen molar-refractivity contribution in [1.82, 2.24) is 10.2 Å². The molecule has 2 aliphatic rings. The highest BCUT2D eigenvalue weighted by atomic mass is 16.5. The Morgan fingerprint density at radius 3 is 3.06 bits per heavy atom. The molecule has 0 radical (unpaired) electrons. The summed E-state index contributed by atoms with van der Waals surface area (Å²) in [6, 6.07) is 9.75. The number of rotatable bonds is 2. The maximum Gasteiger partial charge on any atom is 0.0721 e. The number of ether oxygens (including phenoxy) is 1. The lowest BCUT2D eigenvalue weighted by atomic mass is 9.95.